The highest BCUT2D eigenvalue weighted by atomic mass is 32.2. The summed E-state index contributed by atoms with van der Waals surface area (Å²) >= 11 is 1.33. The highest BCUT2D eigenvalue weighted by molar-refractivity contribution is 7.99. The van der Waals surface area contributed by atoms with Crippen molar-refractivity contribution in [3.8, 4) is 5.69 Å². The van der Waals surface area contributed by atoms with Crippen molar-refractivity contribution in [2.24, 2.45) is 0 Å². The number of benzene rings is 2. The van der Waals surface area contributed by atoms with Crippen molar-refractivity contribution in [3.05, 3.63) is 65.7 Å². The summed E-state index contributed by atoms with van der Waals surface area (Å²) < 4.78 is 1.67. The van der Waals surface area contributed by atoms with Crippen molar-refractivity contribution in [2.75, 3.05) is 12.3 Å². The molecular formula is C19H21N5OS. The number of nitrogens with zero attached hydrogens (tertiary/aromatic N) is 4. The molecule has 0 spiro atoms. The number of aryl methyl sites for hydroxylation is 1. The van der Waals surface area contributed by atoms with E-state index in [9.17, 15) is 4.79 Å². The first kappa shape index (κ1) is 18.1. The summed E-state index contributed by atoms with van der Waals surface area (Å²) in [4.78, 5) is 12.2. The molecule has 0 radical (unpaired) electrons. The van der Waals surface area contributed by atoms with E-state index in [1.54, 1.807) is 4.68 Å². The molecule has 1 heterocycles. The van der Waals surface area contributed by atoms with Gasteiger partial charge in [-0.2, -0.15) is 4.68 Å². The van der Waals surface area contributed by atoms with Gasteiger partial charge in [0, 0.05) is 6.54 Å². The molecule has 7 heteroatoms. The first-order valence-electron chi connectivity index (χ1n) is 8.44. The third-order valence-corrected chi connectivity index (χ3v) is 5.01. The van der Waals surface area contributed by atoms with E-state index < -0.39 is 0 Å². The highest BCUT2D eigenvalue weighted by Gasteiger charge is 2.13. The number of hydrogen-bond donors (Lipinski definition) is 1. The predicted molar refractivity (Wildman–Crippen MR) is 102 cm³/mol. The Labute approximate surface area is 157 Å². The lowest BCUT2D eigenvalue weighted by molar-refractivity contribution is -0.118. The number of para-hydroxylation sites is 1. The van der Waals surface area contributed by atoms with Crippen LogP contribution in [0.1, 0.15) is 24.0 Å². The van der Waals surface area contributed by atoms with Gasteiger partial charge in [0.1, 0.15) is 0 Å². The van der Waals surface area contributed by atoms with E-state index >= 15 is 0 Å². The van der Waals surface area contributed by atoms with E-state index in [0.717, 1.165) is 11.3 Å². The van der Waals surface area contributed by atoms with Gasteiger partial charge < -0.3 is 5.32 Å². The van der Waals surface area contributed by atoms with Crippen LogP contribution in [0.25, 0.3) is 5.69 Å². The maximum absolute atomic E-state index is 12.2. The fourth-order valence-electron chi connectivity index (χ4n) is 2.57. The Morgan fingerprint density at radius 2 is 1.88 bits per heavy atom. The van der Waals surface area contributed by atoms with Crippen LogP contribution in [-0.2, 0) is 4.79 Å². The number of carbonyl (C=O) groups is 1. The van der Waals surface area contributed by atoms with Crippen molar-refractivity contribution < 1.29 is 4.79 Å². The summed E-state index contributed by atoms with van der Waals surface area (Å²) in [5, 5.41) is 15.4. The molecule has 1 N–H and O–H groups in total. The molecule has 0 bridgehead atoms. The molecule has 2 aromatic carbocycles. The van der Waals surface area contributed by atoms with Gasteiger partial charge in [-0.15, -0.1) is 5.10 Å². The largest absolute Gasteiger partial charge is 0.355 e. The lowest BCUT2D eigenvalue weighted by Gasteiger charge is -2.13. The zero-order valence-corrected chi connectivity index (χ0v) is 15.6. The molecule has 0 fully saturated rings. The summed E-state index contributed by atoms with van der Waals surface area (Å²) in [7, 11) is 0. The van der Waals surface area contributed by atoms with Gasteiger partial charge in [0.15, 0.2) is 0 Å². The van der Waals surface area contributed by atoms with Gasteiger partial charge in [-0.1, -0.05) is 67.2 Å². The smallest absolute Gasteiger partial charge is 0.230 e. The number of tetrazole rings is 1. The van der Waals surface area contributed by atoms with E-state index in [1.165, 1.54) is 17.3 Å². The summed E-state index contributed by atoms with van der Waals surface area (Å²) in [6, 6.07) is 18.0. The van der Waals surface area contributed by atoms with Crippen LogP contribution in [0.3, 0.4) is 0 Å². The molecule has 1 amide bonds. The number of nitrogens with one attached hydrogen (secondary N) is 1. The van der Waals surface area contributed by atoms with Gasteiger partial charge in [0.25, 0.3) is 0 Å². The van der Waals surface area contributed by atoms with Gasteiger partial charge in [0.2, 0.25) is 11.1 Å². The fraction of sp³-hybridized carbons (Fsp3) is 0.263. The van der Waals surface area contributed by atoms with Crippen molar-refractivity contribution in [2.45, 2.75) is 24.9 Å². The average molecular weight is 367 g/mol. The van der Waals surface area contributed by atoms with Crippen molar-refractivity contribution in [1.82, 2.24) is 25.5 Å². The Morgan fingerprint density at radius 1 is 1.15 bits per heavy atom. The normalized spacial score (nSPS) is 11.9. The molecule has 0 saturated heterocycles. The second-order valence-corrected chi connectivity index (χ2v) is 7.01. The molecule has 0 aliphatic rings. The molecule has 134 valence electrons. The first-order chi connectivity index (χ1) is 12.6. The van der Waals surface area contributed by atoms with Crippen LogP contribution in [0.2, 0.25) is 0 Å². The zero-order chi connectivity index (χ0) is 18.4. The van der Waals surface area contributed by atoms with Crippen molar-refractivity contribution in [3.63, 3.8) is 0 Å². The maximum Gasteiger partial charge on any atom is 0.230 e. The third kappa shape index (κ3) is 4.49. The monoisotopic (exact) mass is 367 g/mol. The van der Waals surface area contributed by atoms with E-state index in [4.69, 9.17) is 0 Å². The average Bonchev–Trinajstić information content (AvgIpc) is 3.14. The predicted octanol–water partition coefficient (Wildman–Crippen LogP) is 2.98. The minimum Gasteiger partial charge on any atom is -0.355 e. The fourth-order valence-corrected chi connectivity index (χ4v) is 3.28. The number of amides is 1. The Hall–Kier alpha value is -2.67. The number of rotatable bonds is 7. The molecule has 3 aromatic rings. The van der Waals surface area contributed by atoms with Crippen LogP contribution in [0.4, 0.5) is 0 Å². The molecule has 0 aliphatic carbocycles. The van der Waals surface area contributed by atoms with Crippen LogP contribution in [0, 0.1) is 6.92 Å². The number of carbonyl (C=O) groups excluding carboxylic acids is 1. The molecule has 26 heavy (non-hydrogen) atoms. The maximum atomic E-state index is 12.2. The minimum absolute atomic E-state index is 0.0304. The molecule has 6 nitrogen and oxygen atoms in total. The first-order valence-corrected chi connectivity index (χ1v) is 9.42. The number of thioether (sulfide) groups is 1. The molecule has 0 unspecified atom stereocenters. The molecule has 1 aromatic heterocycles. The van der Waals surface area contributed by atoms with Crippen molar-refractivity contribution in [1.29, 1.82) is 0 Å². The van der Waals surface area contributed by atoms with Gasteiger partial charge in [-0.25, -0.2) is 0 Å². The zero-order valence-electron chi connectivity index (χ0n) is 14.8. The van der Waals surface area contributed by atoms with Gasteiger partial charge in [-0.05, 0) is 40.5 Å². The van der Waals surface area contributed by atoms with E-state index in [2.05, 4.69) is 39.9 Å². The molecule has 0 saturated carbocycles. The van der Waals surface area contributed by atoms with Crippen LogP contribution in [-0.4, -0.2) is 38.4 Å². The summed E-state index contributed by atoms with van der Waals surface area (Å²) in [6.07, 6.45) is 0. The lowest BCUT2D eigenvalue weighted by Crippen LogP contribution is -2.29. The minimum atomic E-state index is -0.0304. The second-order valence-electron chi connectivity index (χ2n) is 6.06. The second kappa shape index (κ2) is 8.62. The van der Waals surface area contributed by atoms with E-state index in [0.29, 0.717) is 11.7 Å². The Bertz CT molecular complexity index is 865. The van der Waals surface area contributed by atoms with Crippen LogP contribution >= 0.6 is 11.8 Å². The van der Waals surface area contributed by atoms with Gasteiger partial charge in [0.05, 0.1) is 11.4 Å². The summed E-state index contributed by atoms with van der Waals surface area (Å²) in [5.74, 6) is 0.507. The van der Waals surface area contributed by atoms with Crippen LogP contribution in [0.5, 0.6) is 0 Å². The van der Waals surface area contributed by atoms with Crippen LogP contribution < -0.4 is 5.32 Å². The summed E-state index contributed by atoms with van der Waals surface area (Å²) in [6.45, 7) is 4.71. The number of hydrogen-bond acceptors (Lipinski definition) is 5. The van der Waals surface area contributed by atoms with Gasteiger partial charge >= 0.3 is 0 Å². The Morgan fingerprint density at radius 3 is 2.65 bits per heavy atom. The lowest BCUT2D eigenvalue weighted by atomic mass is 10.0. The van der Waals surface area contributed by atoms with E-state index in [-0.39, 0.29) is 17.6 Å². The van der Waals surface area contributed by atoms with Crippen molar-refractivity contribution >= 4 is 17.7 Å². The standard InChI is InChI=1S/C19H21N5OS/c1-14-8-6-7-11-17(14)24-19(21-22-23-24)26-13-18(25)20-12-15(2)16-9-4-3-5-10-16/h3-11,15H,12-13H2,1-2H3,(H,20,25)/t15-/m0/s1. The van der Waals surface area contributed by atoms with E-state index in [1.807, 2.05) is 49.4 Å². The molecule has 3 rings (SSSR count). The Kier molecular flexibility index (Phi) is 6.01. The summed E-state index contributed by atoms with van der Waals surface area (Å²) in [5.41, 5.74) is 3.20. The Balaban J connectivity index is 1.54. The molecular weight excluding hydrogens is 346 g/mol. The topological polar surface area (TPSA) is 72.7 Å². The third-order valence-electron chi connectivity index (χ3n) is 4.09. The number of aromatic nitrogens is 4. The SMILES string of the molecule is Cc1ccccc1-n1nnnc1SCC(=O)NC[C@H](C)c1ccccc1. The van der Waals surface area contributed by atoms with Gasteiger partial charge in [-0.3, -0.25) is 4.79 Å². The van der Waals surface area contributed by atoms with Crippen LogP contribution in [0.15, 0.2) is 59.8 Å². The highest BCUT2D eigenvalue weighted by Crippen LogP contribution is 2.20. The quantitative estimate of drug-likeness (QED) is 0.650. The molecule has 1 atom stereocenters. The molecule has 0 aliphatic heterocycles.